The van der Waals surface area contributed by atoms with E-state index in [1.54, 1.807) is 0 Å². The summed E-state index contributed by atoms with van der Waals surface area (Å²) in [6, 6.07) is 0.419. The third-order valence-electron chi connectivity index (χ3n) is 4.84. The lowest BCUT2D eigenvalue weighted by molar-refractivity contribution is -0.133. The van der Waals surface area contributed by atoms with Crippen LogP contribution in [0.4, 0.5) is 0 Å². The van der Waals surface area contributed by atoms with Crippen molar-refractivity contribution in [3.05, 3.63) is 0 Å². The summed E-state index contributed by atoms with van der Waals surface area (Å²) in [4.78, 5) is 14.8. The molecule has 0 spiro atoms. The fourth-order valence-corrected chi connectivity index (χ4v) is 3.64. The van der Waals surface area contributed by atoms with Crippen LogP contribution < -0.4 is 5.32 Å². The summed E-state index contributed by atoms with van der Waals surface area (Å²) >= 11 is 0. The molecule has 1 saturated carbocycles. The van der Waals surface area contributed by atoms with Gasteiger partial charge < -0.3 is 4.90 Å². The minimum Gasteiger partial charge on any atom is -0.323 e. The van der Waals surface area contributed by atoms with E-state index >= 15 is 0 Å². The predicted molar refractivity (Wildman–Crippen MR) is 78.7 cm³/mol. The summed E-state index contributed by atoms with van der Waals surface area (Å²) in [6.45, 7) is 8.77. The van der Waals surface area contributed by atoms with E-state index in [9.17, 15) is 4.79 Å². The molecule has 1 aliphatic heterocycles. The third kappa shape index (κ3) is 3.13. The second kappa shape index (κ2) is 6.25. The molecular formula is C16H30N2O. The maximum absolute atomic E-state index is 12.7. The molecule has 0 aromatic carbocycles. The Morgan fingerprint density at radius 1 is 1.26 bits per heavy atom. The molecule has 1 saturated heterocycles. The van der Waals surface area contributed by atoms with Gasteiger partial charge in [0.2, 0.25) is 5.91 Å². The fourth-order valence-electron chi connectivity index (χ4n) is 3.64. The van der Waals surface area contributed by atoms with Crippen molar-refractivity contribution < 1.29 is 4.79 Å². The highest BCUT2D eigenvalue weighted by Crippen LogP contribution is 2.34. The van der Waals surface area contributed by atoms with Gasteiger partial charge in [0.25, 0.3) is 0 Å². The summed E-state index contributed by atoms with van der Waals surface area (Å²) in [6.07, 6.45) is 7.55. The van der Waals surface area contributed by atoms with E-state index in [1.165, 1.54) is 25.7 Å². The molecule has 1 aliphatic carbocycles. The molecule has 2 fully saturated rings. The molecule has 3 nitrogen and oxygen atoms in total. The Morgan fingerprint density at radius 3 is 2.42 bits per heavy atom. The summed E-state index contributed by atoms with van der Waals surface area (Å²) in [7, 11) is 0. The van der Waals surface area contributed by atoms with Gasteiger partial charge in [-0.05, 0) is 44.4 Å². The summed E-state index contributed by atoms with van der Waals surface area (Å²) < 4.78 is 0. The van der Waals surface area contributed by atoms with E-state index in [-0.39, 0.29) is 6.04 Å². The van der Waals surface area contributed by atoms with Crippen molar-refractivity contribution >= 4 is 5.91 Å². The van der Waals surface area contributed by atoms with Gasteiger partial charge >= 0.3 is 0 Å². The van der Waals surface area contributed by atoms with Gasteiger partial charge in [-0.2, -0.15) is 0 Å². The van der Waals surface area contributed by atoms with E-state index in [2.05, 4.69) is 37.9 Å². The molecular weight excluding hydrogens is 236 g/mol. The van der Waals surface area contributed by atoms with E-state index in [0.717, 1.165) is 12.8 Å². The Labute approximate surface area is 118 Å². The second-order valence-electron chi connectivity index (χ2n) is 6.84. The summed E-state index contributed by atoms with van der Waals surface area (Å²) in [5.74, 6) is 1.60. The molecule has 3 heteroatoms. The lowest BCUT2D eigenvalue weighted by atomic mass is 10.0. The number of hydrogen-bond acceptors (Lipinski definition) is 2. The van der Waals surface area contributed by atoms with Crippen LogP contribution in [0.15, 0.2) is 0 Å². The van der Waals surface area contributed by atoms with E-state index < -0.39 is 0 Å². The average Bonchev–Trinajstić information content (AvgIpc) is 2.97. The average molecular weight is 266 g/mol. The van der Waals surface area contributed by atoms with Crippen LogP contribution in [0.25, 0.3) is 0 Å². The number of carbonyl (C=O) groups excluding carboxylic acids is 1. The van der Waals surface area contributed by atoms with E-state index in [0.29, 0.717) is 30.0 Å². The molecule has 2 rings (SSSR count). The van der Waals surface area contributed by atoms with Crippen molar-refractivity contribution in [1.82, 2.24) is 10.2 Å². The first-order valence-electron chi connectivity index (χ1n) is 8.12. The Kier molecular flexibility index (Phi) is 4.88. The smallest absolute Gasteiger partial charge is 0.241 e. The zero-order valence-electron chi connectivity index (χ0n) is 13.0. The van der Waals surface area contributed by atoms with Crippen molar-refractivity contribution in [2.45, 2.75) is 84.5 Å². The predicted octanol–water partition coefficient (Wildman–Crippen LogP) is 3.15. The first kappa shape index (κ1) is 14.8. The first-order valence-corrected chi connectivity index (χ1v) is 8.12. The van der Waals surface area contributed by atoms with Crippen LogP contribution in [0.2, 0.25) is 0 Å². The van der Waals surface area contributed by atoms with Crippen molar-refractivity contribution in [2.24, 2.45) is 11.8 Å². The van der Waals surface area contributed by atoms with E-state index in [4.69, 9.17) is 0 Å². The molecule has 2 aliphatic rings. The molecule has 0 bridgehead atoms. The Morgan fingerprint density at radius 2 is 1.89 bits per heavy atom. The topological polar surface area (TPSA) is 32.3 Å². The largest absolute Gasteiger partial charge is 0.323 e. The highest BCUT2D eigenvalue weighted by atomic mass is 16.2. The van der Waals surface area contributed by atoms with Crippen molar-refractivity contribution in [2.75, 3.05) is 0 Å². The molecule has 3 atom stereocenters. The Hall–Kier alpha value is -0.570. The lowest BCUT2D eigenvalue weighted by Crippen LogP contribution is -2.46. The maximum Gasteiger partial charge on any atom is 0.241 e. The van der Waals surface area contributed by atoms with Gasteiger partial charge in [-0.1, -0.05) is 33.6 Å². The molecule has 0 aromatic heterocycles. The number of carbonyl (C=O) groups is 1. The standard InChI is InChI=1S/C16H30N2O/c1-5-12(4)18-15(13-8-6-7-9-13)17-14(16(18)19)10-11(2)3/h11-15,17H,5-10H2,1-4H3. The molecule has 0 aromatic rings. The van der Waals surface area contributed by atoms with Gasteiger partial charge in [-0.25, -0.2) is 0 Å². The van der Waals surface area contributed by atoms with Crippen molar-refractivity contribution in [1.29, 1.82) is 0 Å². The zero-order chi connectivity index (χ0) is 14.0. The second-order valence-corrected chi connectivity index (χ2v) is 6.84. The molecule has 0 radical (unpaired) electrons. The van der Waals surface area contributed by atoms with Gasteiger partial charge in [-0.15, -0.1) is 0 Å². The monoisotopic (exact) mass is 266 g/mol. The number of hydrogen-bond donors (Lipinski definition) is 1. The van der Waals surface area contributed by atoms with Crippen LogP contribution >= 0.6 is 0 Å². The van der Waals surface area contributed by atoms with Crippen LogP contribution in [-0.2, 0) is 4.79 Å². The molecule has 110 valence electrons. The Bertz CT molecular complexity index is 310. The Balaban J connectivity index is 2.12. The number of nitrogens with one attached hydrogen (secondary N) is 1. The molecule has 1 N–H and O–H groups in total. The quantitative estimate of drug-likeness (QED) is 0.829. The minimum atomic E-state index is 0.0552. The van der Waals surface area contributed by atoms with Gasteiger partial charge in [0.05, 0.1) is 12.2 Å². The SMILES string of the molecule is CCC(C)N1C(=O)C(CC(C)C)NC1C1CCCC1. The van der Waals surface area contributed by atoms with E-state index in [1.807, 2.05) is 0 Å². The van der Waals surface area contributed by atoms with Gasteiger partial charge in [-0.3, -0.25) is 10.1 Å². The van der Waals surface area contributed by atoms with Crippen LogP contribution in [0.5, 0.6) is 0 Å². The minimum absolute atomic E-state index is 0.0552. The van der Waals surface area contributed by atoms with Crippen LogP contribution in [0.1, 0.15) is 66.2 Å². The highest BCUT2D eigenvalue weighted by molar-refractivity contribution is 5.84. The lowest BCUT2D eigenvalue weighted by Gasteiger charge is -2.33. The fraction of sp³-hybridized carbons (Fsp3) is 0.938. The normalized spacial score (nSPS) is 30.6. The summed E-state index contributed by atoms with van der Waals surface area (Å²) in [5.41, 5.74) is 0. The summed E-state index contributed by atoms with van der Waals surface area (Å²) in [5, 5.41) is 3.66. The zero-order valence-corrected chi connectivity index (χ0v) is 13.0. The van der Waals surface area contributed by atoms with Gasteiger partial charge in [0, 0.05) is 6.04 Å². The van der Waals surface area contributed by atoms with Crippen molar-refractivity contribution in [3.63, 3.8) is 0 Å². The molecule has 1 heterocycles. The molecule has 3 unspecified atom stereocenters. The van der Waals surface area contributed by atoms with Crippen LogP contribution in [-0.4, -0.2) is 29.1 Å². The first-order chi connectivity index (χ1) is 9.04. The van der Waals surface area contributed by atoms with Gasteiger partial charge in [0.1, 0.15) is 0 Å². The number of amides is 1. The number of rotatable bonds is 5. The number of nitrogens with zero attached hydrogens (tertiary/aromatic N) is 1. The third-order valence-corrected chi connectivity index (χ3v) is 4.84. The molecule has 1 amide bonds. The maximum atomic E-state index is 12.7. The van der Waals surface area contributed by atoms with Crippen LogP contribution in [0, 0.1) is 11.8 Å². The van der Waals surface area contributed by atoms with Crippen LogP contribution in [0.3, 0.4) is 0 Å². The van der Waals surface area contributed by atoms with Gasteiger partial charge in [0.15, 0.2) is 0 Å². The molecule has 19 heavy (non-hydrogen) atoms. The van der Waals surface area contributed by atoms with Crippen molar-refractivity contribution in [3.8, 4) is 0 Å². The highest BCUT2D eigenvalue weighted by Gasteiger charge is 2.44.